The summed E-state index contributed by atoms with van der Waals surface area (Å²) in [6.07, 6.45) is 2.54. The second-order valence-corrected chi connectivity index (χ2v) is 6.41. The van der Waals surface area contributed by atoms with Gasteiger partial charge >= 0.3 is 6.03 Å². The van der Waals surface area contributed by atoms with Gasteiger partial charge in [0.15, 0.2) is 0 Å². The van der Waals surface area contributed by atoms with Crippen molar-refractivity contribution in [2.75, 3.05) is 44.2 Å². The lowest BCUT2D eigenvalue weighted by Gasteiger charge is -2.35. The lowest BCUT2D eigenvalue weighted by atomic mass is 10.1. The second-order valence-electron chi connectivity index (χ2n) is 6.41. The van der Waals surface area contributed by atoms with E-state index in [2.05, 4.69) is 20.5 Å². The van der Waals surface area contributed by atoms with E-state index < -0.39 is 0 Å². The van der Waals surface area contributed by atoms with E-state index in [9.17, 15) is 9.59 Å². The van der Waals surface area contributed by atoms with Crippen LogP contribution in [0.25, 0.3) is 0 Å². The number of benzene rings is 1. The molecule has 0 unspecified atom stereocenters. The molecule has 2 heterocycles. The van der Waals surface area contributed by atoms with Crippen molar-refractivity contribution >= 4 is 17.8 Å². The zero-order valence-corrected chi connectivity index (χ0v) is 15.3. The van der Waals surface area contributed by atoms with E-state index in [4.69, 9.17) is 0 Å². The molecule has 0 saturated carbocycles. The third kappa shape index (κ3) is 5.70. The van der Waals surface area contributed by atoms with Crippen molar-refractivity contribution in [2.45, 2.75) is 6.42 Å². The maximum Gasteiger partial charge on any atom is 0.317 e. The van der Waals surface area contributed by atoms with Gasteiger partial charge in [-0.3, -0.25) is 4.79 Å². The van der Waals surface area contributed by atoms with E-state index in [1.807, 2.05) is 48.5 Å². The lowest BCUT2D eigenvalue weighted by Crippen LogP contribution is -2.53. The molecule has 1 aliphatic heterocycles. The normalized spacial score (nSPS) is 13.9. The molecular formula is C20H25N5O2. The second kappa shape index (κ2) is 9.56. The van der Waals surface area contributed by atoms with E-state index in [-0.39, 0.29) is 18.5 Å². The van der Waals surface area contributed by atoms with Gasteiger partial charge in [-0.25, -0.2) is 9.78 Å². The summed E-state index contributed by atoms with van der Waals surface area (Å²) in [6.45, 7) is 3.23. The quantitative estimate of drug-likeness (QED) is 0.806. The van der Waals surface area contributed by atoms with Gasteiger partial charge in [0.2, 0.25) is 5.91 Å². The van der Waals surface area contributed by atoms with Gasteiger partial charge < -0.3 is 20.4 Å². The molecule has 1 aliphatic rings. The minimum Gasteiger partial charge on any atom is -0.354 e. The fraction of sp³-hybridized carbons (Fsp3) is 0.350. The van der Waals surface area contributed by atoms with Gasteiger partial charge in [-0.1, -0.05) is 36.4 Å². The number of amides is 3. The Morgan fingerprint density at radius 1 is 0.926 bits per heavy atom. The highest BCUT2D eigenvalue weighted by Gasteiger charge is 2.21. The fourth-order valence-corrected chi connectivity index (χ4v) is 3.00. The summed E-state index contributed by atoms with van der Waals surface area (Å²) in [7, 11) is 0. The van der Waals surface area contributed by atoms with Crippen LogP contribution in [0.15, 0.2) is 54.7 Å². The molecule has 1 fully saturated rings. The molecule has 1 aromatic carbocycles. The Hall–Kier alpha value is -3.09. The van der Waals surface area contributed by atoms with Crippen LogP contribution in [0.4, 0.5) is 10.6 Å². The molecule has 3 rings (SSSR count). The molecule has 0 spiro atoms. The molecule has 1 aromatic heterocycles. The first-order valence-corrected chi connectivity index (χ1v) is 9.22. The lowest BCUT2D eigenvalue weighted by molar-refractivity contribution is -0.120. The number of carbonyl (C=O) groups is 2. The summed E-state index contributed by atoms with van der Waals surface area (Å²) >= 11 is 0. The van der Waals surface area contributed by atoms with Gasteiger partial charge in [-0.05, 0) is 24.1 Å². The highest BCUT2D eigenvalue weighted by molar-refractivity contribution is 5.84. The number of carbonyl (C=O) groups excluding carboxylic acids is 2. The molecule has 7 heteroatoms. The molecule has 0 atom stereocenters. The fourth-order valence-electron chi connectivity index (χ4n) is 3.00. The number of hydrogen-bond acceptors (Lipinski definition) is 4. The molecule has 0 bridgehead atoms. The Morgan fingerprint density at radius 3 is 2.37 bits per heavy atom. The van der Waals surface area contributed by atoms with E-state index in [1.54, 1.807) is 11.1 Å². The Bertz CT molecular complexity index is 731. The zero-order chi connectivity index (χ0) is 18.9. The van der Waals surface area contributed by atoms with Crippen LogP contribution in [0.3, 0.4) is 0 Å². The van der Waals surface area contributed by atoms with E-state index in [0.29, 0.717) is 19.6 Å². The first-order chi connectivity index (χ1) is 13.2. The first kappa shape index (κ1) is 18.7. The van der Waals surface area contributed by atoms with Gasteiger partial charge in [-0.15, -0.1) is 0 Å². The van der Waals surface area contributed by atoms with E-state index in [1.165, 1.54) is 5.56 Å². The number of piperazine rings is 1. The van der Waals surface area contributed by atoms with Crippen LogP contribution in [-0.4, -0.2) is 61.1 Å². The molecule has 7 nitrogen and oxygen atoms in total. The van der Waals surface area contributed by atoms with Gasteiger partial charge in [0.1, 0.15) is 5.82 Å². The van der Waals surface area contributed by atoms with Crippen molar-refractivity contribution in [3.63, 3.8) is 0 Å². The molecule has 27 heavy (non-hydrogen) atoms. The smallest absolute Gasteiger partial charge is 0.317 e. The number of nitrogens with one attached hydrogen (secondary N) is 2. The van der Waals surface area contributed by atoms with Gasteiger partial charge in [0.25, 0.3) is 0 Å². The number of anilines is 1. The number of nitrogens with zero attached hydrogens (tertiary/aromatic N) is 3. The van der Waals surface area contributed by atoms with Crippen LogP contribution in [0.1, 0.15) is 5.56 Å². The summed E-state index contributed by atoms with van der Waals surface area (Å²) in [6, 6.07) is 15.6. The molecule has 2 aromatic rings. The topological polar surface area (TPSA) is 77.6 Å². The van der Waals surface area contributed by atoms with Crippen molar-refractivity contribution in [1.82, 2.24) is 20.5 Å². The SMILES string of the molecule is O=C(CNC(=O)N1CCN(c2ccccn2)CC1)NCCc1ccccc1. The van der Waals surface area contributed by atoms with Crippen molar-refractivity contribution in [3.8, 4) is 0 Å². The van der Waals surface area contributed by atoms with Gasteiger partial charge in [0, 0.05) is 38.9 Å². The molecule has 0 aliphatic carbocycles. The monoisotopic (exact) mass is 367 g/mol. The number of rotatable bonds is 6. The van der Waals surface area contributed by atoms with Crippen LogP contribution in [-0.2, 0) is 11.2 Å². The molecule has 0 radical (unpaired) electrons. The van der Waals surface area contributed by atoms with Crippen LogP contribution < -0.4 is 15.5 Å². The zero-order valence-electron chi connectivity index (χ0n) is 15.3. The largest absolute Gasteiger partial charge is 0.354 e. The number of pyridine rings is 1. The molecule has 142 valence electrons. The number of urea groups is 1. The molecule has 2 N–H and O–H groups in total. The predicted molar refractivity (Wildman–Crippen MR) is 105 cm³/mol. The predicted octanol–water partition coefficient (Wildman–Crippen LogP) is 1.27. The summed E-state index contributed by atoms with van der Waals surface area (Å²) in [5.41, 5.74) is 1.17. The number of hydrogen-bond donors (Lipinski definition) is 2. The molecular weight excluding hydrogens is 342 g/mol. The molecule has 1 saturated heterocycles. The Balaban J connectivity index is 1.33. The maximum absolute atomic E-state index is 12.2. The number of aromatic nitrogens is 1. The standard InChI is InChI=1S/C20H25N5O2/c26-19(22-11-9-17-6-2-1-3-7-17)16-23-20(27)25-14-12-24(13-15-25)18-8-4-5-10-21-18/h1-8,10H,9,11-16H2,(H,22,26)(H,23,27). The van der Waals surface area contributed by atoms with Gasteiger partial charge in [0.05, 0.1) is 6.54 Å². The van der Waals surface area contributed by atoms with E-state index >= 15 is 0 Å². The van der Waals surface area contributed by atoms with Crippen molar-refractivity contribution in [2.24, 2.45) is 0 Å². The average molecular weight is 367 g/mol. The van der Waals surface area contributed by atoms with Crippen molar-refractivity contribution < 1.29 is 9.59 Å². The van der Waals surface area contributed by atoms with Crippen LogP contribution in [0, 0.1) is 0 Å². The minimum absolute atomic E-state index is 0.00587. The van der Waals surface area contributed by atoms with Crippen LogP contribution in [0.2, 0.25) is 0 Å². The highest BCUT2D eigenvalue weighted by atomic mass is 16.2. The highest BCUT2D eigenvalue weighted by Crippen LogP contribution is 2.12. The average Bonchev–Trinajstić information content (AvgIpc) is 2.73. The van der Waals surface area contributed by atoms with Crippen molar-refractivity contribution in [3.05, 3.63) is 60.3 Å². The van der Waals surface area contributed by atoms with E-state index in [0.717, 1.165) is 25.3 Å². The summed E-state index contributed by atoms with van der Waals surface area (Å²) < 4.78 is 0. The first-order valence-electron chi connectivity index (χ1n) is 9.22. The Kier molecular flexibility index (Phi) is 6.62. The summed E-state index contributed by atoms with van der Waals surface area (Å²) in [4.78, 5) is 32.4. The minimum atomic E-state index is -0.200. The maximum atomic E-state index is 12.2. The summed E-state index contributed by atoms with van der Waals surface area (Å²) in [5.74, 6) is 0.752. The Labute approximate surface area is 159 Å². The Morgan fingerprint density at radius 2 is 1.67 bits per heavy atom. The van der Waals surface area contributed by atoms with Gasteiger partial charge in [-0.2, -0.15) is 0 Å². The van der Waals surface area contributed by atoms with Crippen LogP contribution >= 0.6 is 0 Å². The third-order valence-electron chi connectivity index (χ3n) is 4.52. The molecule has 3 amide bonds. The third-order valence-corrected chi connectivity index (χ3v) is 4.52. The van der Waals surface area contributed by atoms with Crippen LogP contribution in [0.5, 0.6) is 0 Å². The summed E-state index contributed by atoms with van der Waals surface area (Å²) in [5, 5.41) is 5.53. The van der Waals surface area contributed by atoms with Crippen molar-refractivity contribution in [1.29, 1.82) is 0 Å².